The van der Waals surface area contributed by atoms with E-state index in [1.165, 1.54) is 6.07 Å². The van der Waals surface area contributed by atoms with Crippen LogP contribution in [-0.2, 0) is 16.0 Å². The van der Waals surface area contributed by atoms with Gasteiger partial charge in [-0.05, 0) is 50.3 Å². The molecule has 1 aromatic heterocycles. The molecule has 0 bridgehead atoms. The predicted octanol–water partition coefficient (Wildman–Crippen LogP) is 3.98. The van der Waals surface area contributed by atoms with Gasteiger partial charge < -0.3 is 24.6 Å². The van der Waals surface area contributed by atoms with Crippen LogP contribution in [0, 0.1) is 11.3 Å². The van der Waals surface area contributed by atoms with Gasteiger partial charge in [0.2, 0.25) is 11.8 Å². The average molecular weight is 597 g/mol. The van der Waals surface area contributed by atoms with E-state index in [-0.39, 0.29) is 30.7 Å². The van der Waals surface area contributed by atoms with Crippen molar-refractivity contribution in [1.82, 2.24) is 25.1 Å². The molecule has 3 amide bonds. The normalized spacial score (nSPS) is 15.7. The molecule has 1 N–H and O–H groups in total. The Morgan fingerprint density at radius 1 is 0.977 bits per heavy atom. The lowest BCUT2D eigenvalue weighted by Gasteiger charge is -2.36. The van der Waals surface area contributed by atoms with Gasteiger partial charge in [0.1, 0.15) is 17.8 Å². The van der Waals surface area contributed by atoms with Gasteiger partial charge in [0.15, 0.2) is 5.82 Å². The zero-order valence-electron chi connectivity index (χ0n) is 24.8. The third-order valence-electron chi connectivity index (χ3n) is 7.80. The smallest absolute Gasteiger partial charge is 0.409 e. The fraction of sp³-hybridized carbons (Fsp3) is 0.394. The van der Waals surface area contributed by atoms with Crippen molar-refractivity contribution < 1.29 is 23.9 Å². The molecule has 2 fully saturated rings. The minimum absolute atomic E-state index is 0.0309. The maximum absolute atomic E-state index is 13.8. The number of piperazine rings is 1. The van der Waals surface area contributed by atoms with E-state index in [1.54, 1.807) is 41.0 Å². The molecule has 11 heteroatoms. The van der Waals surface area contributed by atoms with Gasteiger partial charge in [-0.2, -0.15) is 10.2 Å². The summed E-state index contributed by atoms with van der Waals surface area (Å²) >= 11 is 0. The van der Waals surface area contributed by atoms with Crippen LogP contribution in [-0.4, -0.2) is 82.6 Å². The molecule has 0 radical (unpaired) electrons. The first kappa shape index (κ1) is 30.5. The largest absolute Gasteiger partial charge is 0.474 e. The van der Waals surface area contributed by atoms with Crippen molar-refractivity contribution in [1.29, 1.82) is 5.26 Å². The highest BCUT2D eigenvalue weighted by molar-refractivity contribution is 5.96. The van der Waals surface area contributed by atoms with Gasteiger partial charge in [-0.15, -0.1) is 0 Å². The summed E-state index contributed by atoms with van der Waals surface area (Å²) in [7, 11) is 0. The van der Waals surface area contributed by atoms with E-state index in [2.05, 4.69) is 21.4 Å². The van der Waals surface area contributed by atoms with E-state index < -0.39 is 18.0 Å². The first-order chi connectivity index (χ1) is 21.4. The second-order valence-electron chi connectivity index (χ2n) is 10.9. The summed E-state index contributed by atoms with van der Waals surface area (Å²) in [5.41, 5.74) is 2.12. The Labute approximate surface area is 256 Å². The molecule has 0 unspecified atom stereocenters. The van der Waals surface area contributed by atoms with Crippen LogP contribution in [0.1, 0.15) is 54.2 Å². The lowest BCUT2D eigenvalue weighted by molar-refractivity contribution is -0.134. The zero-order valence-corrected chi connectivity index (χ0v) is 24.8. The molecular formula is C33H36N6O5. The monoisotopic (exact) mass is 596 g/mol. The first-order valence-corrected chi connectivity index (χ1v) is 15.0. The van der Waals surface area contributed by atoms with Crippen molar-refractivity contribution >= 4 is 17.9 Å². The van der Waals surface area contributed by atoms with Gasteiger partial charge in [-0.25, -0.2) is 9.78 Å². The van der Waals surface area contributed by atoms with Crippen molar-refractivity contribution in [3.05, 3.63) is 77.5 Å². The topological polar surface area (TPSA) is 138 Å². The molecule has 3 aromatic rings. The number of hydrogen-bond donors (Lipinski definition) is 1. The van der Waals surface area contributed by atoms with Crippen LogP contribution in [0.15, 0.2) is 60.7 Å². The van der Waals surface area contributed by atoms with Crippen LogP contribution in [0.2, 0.25) is 0 Å². The molecule has 0 spiro atoms. The van der Waals surface area contributed by atoms with E-state index in [0.29, 0.717) is 43.4 Å². The van der Waals surface area contributed by atoms with Crippen LogP contribution >= 0.6 is 0 Å². The Hall–Kier alpha value is -4.98. The van der Waals surface area contributed by atoms with Crippen molar-refractivity contribution in [2.75, 3.05) is 32.8 Å². The Balaban J connectivity index is 1.38. The number of amides is 3. The zero-order chi connectivity index (χ0) is 30.9. The molecule has 2 aromatic carbocycles. The van der Waals surface area contributed by atoms with Crippen molar-refractivity contribution in [2.45, 2.75) is 51.2 Å². The van der Waals surface area contributed by atoms with Crippen LogP contribution in [0.5, 0.6) is 5.88 Å². The van der Waals surface area contributed by atoms with Crippen molar-refractivity contribution in [3.63, 3.8) is 0 Å². The highest BCUT2D eigenvalue weighted by Gasteiger charge is 2.31. The molecule has 44 heavy (non-hydrogen) atoms. The first-order valence-electron chi connectivity index (χ1n) is 15.0. The number of aromatic nitrogens is 2. The predicted molar refractivity (Wildman–Crippen MR) is 162 cm³/mol. The molecule has 2 heterocycles. The fourth-order valence-corrected chi connectivity index (χ4v) is 5.42. The molecule has 1 atom stereocenters. The summed E-state index contributed by atoms with van der Waals surface area (Å²) in [5, 5.41) is 12.1. The van der Waals surface area contributed by atoms with Gasteiger partial charge >= 0.3 is 6.09 Å². The fourth-order valence-electron chi connectivity index (χ4n) is 5.42. The van der Waals surface area contributed by atoms with E-state index >= 15 is 0 Å². The highest BCUT2D eigenvalue weighted by Crippen LogP contribution is 2.25. The second kappa shape index (κ2) is 14.5. The summed E-state index contributed by atoms with van der Waals surface area (Å²) in [6.45, 7) is 3.30. The Kier molecular flexibility index (Phi) is 10.0. The number of nitriles is 1. The Bertz CT molecular complexity index is 1490. The standard InChI is InChI=1S/C33H36N6O5/c1-2-43-33(42)39-18-16-38(17-19-39)32(41)28(20-23-12-14-24(22-34)15-13-23)36-31(40)27-21-29(44-26-10-6-7-11-26)37-30(35-27)25-8-4-3-5-9-25/h3-5,8-9,12-15,21,26,28H,2,6-7,10-11,16-20H2,1H3,(H,36,40)/t28-/m0/s1. The lowest BCUT2D eigenvalue weighted by Crippen LogP contribution is -2.56. The van der Waals surface area contributed by atoms with Gasteiger partial charge in [0.25, 0.3) is 5.91 Å². The SMILES string of the molecule is CCOC(=O)N1CCN(C(=O)[C@H](Cc2ccc(C#N)cc2)NC(=O)c2cc(OC3CCCC3)nc(-c3ccccc3)n2)CC1. The van der Waals surface area contributed by atoms with E-state index in [0.717, 1.165) is 36.8 Å². The van der Waals surface area contributed by atoms with Crippen molar-refractivity contribution in [2.24, 2.45) is 0 Å². The molecule has 1 saturated heterocycles. The molecular weight excluding hydrogens is 560 g/mol. The summed E-state index contributed by atoms with van der Waals surface area (Å²) in [5.74, 6) is -0.124. The number of carbonyl (C=O) groups excluding carboxylic acids is 3. The molecule has 5 rings (SSSR count). The molecule has 2 aliphatic rings. The number of ether oxygens (including phenoxy) is 2. The number of carbonyl (C=O) groups is 3. The summed E-state index contributed by atoms with van der Waals surface area (Å²) < 4.78 is 11.3. The quantitative estimate of drug-likeness (QED) is 0.392. The number of hydrogen-bond acceptors (Lipinski definition) is 8. The van der Waals surface area contributed by atoms with Gasteiger partial charge in [-0.1, -0.05) is 42.5 Å². The molecule has 11 nitrogen and oxygen atoms in total. The third-order valence-corrected chi connectivity index (χ3v) is 7.80. The molecule has 1 saturated carbocycles. The van der Waals surface area contributed by atoms with Crippen molar-refractivity contribution in [3.8, 4) is 23.3 Å². The van der Waals surface area contributed by atoms with E-state index in [1.807, 2.05) is 30.3 Å². The van der Waals surface area contributed by atoms with Gasteiger partial charge in [0.05, 0.1) is 18.2 Å². The maximum atomic E-state index is 13.8. The number of rotatable bonds is 9. The summed E-state index contributed by atoms with van der Waals surface area (Å²) in [6.07, 6.45) is 3.85. The average Bonchev–Trinajstić information content (AvgIpc) is 3.58. The molecule has 228 valence electrons. The Morgan fingerprint density at radius 3 is 2.32 bits per heavy atom. The third kappa shape index (κ3) is 7.69. The minimum atomic E-state index is -0.918. The van der Waals surface area contributed by atoms with Crippen LogP contribution < -0.4 is 10.1 Å². The van der Waals surface area contributed by atoms with Gasteiger partial charge in [0, 0.05) is 44.2 Å². The second-order valence-corrected chi connectivity index (χ2v) is 10.9. The molecule has 1 aliphatic carbocycles. The number of benzene rings is 2. The Morgan fingerprint density at radius 2 is 1.66 bits per heavy atom. The van der Waals surface area contributed by atoms with Crippen LogP contribution in [0.25, 0.3) is 11.4 Å². The van der Waals surface area contributed by atoms with E-state index in [9.17, 15) is 19.6 Å². The maximum Gasteiger partial charge on any atom is 0.409 e. The lowest BCUT2D eigenvalue weighted by atomic mass is 10.0. The van der Waals surface area contributed by atoms with Crippen LogP contribution in [0.4, 0.5) is 4.79 Å². The van der Waals surface area contributed by atoms with E-state index in [4.69, 9.17) is 9.47 Å². The number of nitrogens with zero attached hydrogens (tertiary/aromatic N) is 5. The highest BCUT2D eigenvalue weighted by atomic mass is 16.6. The molecule has 1 aliphatic heterocycles. The minimum Gasteiger partial charge on any atom is -0.474 e. The van der Waals surface area contributed by atoms with Gasteiger partial charge in [-0.3, -0.25) is 9.59 Å². The number of nitrogens with one attached hydrogen (secondary N) is 1. The van der Waals surface area contributed by atoms with Crippen LogP contribution in [0.3, 0.4) is 0 Å². The summed E-state index contributed by atoms with van der Waals surface area (Å²) in [6, 6.07) is 19.0. The summed E-state index contributed by atoms with van der Waals surface area (Å²) in [4.78, 5) is 52.2.